The maximum Gasteiger partial charge on any atom is 0.275 e. The van der Waals surface area contributed by atoms with Gasteiger partial charge in [-0.15, -0.1) is 11.3 Å². The summed E-state index contributed by atoms with van der Waals surface area (Å²) >= 11 is 1.46. The van der Waals surface area contributed by atoms with Gasteiger partial charge in [0.2, 0.25) is 11.8 Å². The number of halogens is 1. The Bertz CT molecular complexity index is 1090. The molecule has 0 spiro atoms. The van der Waals surface area contributed by atoms with Crippen molar-refractivity contribution in [2.45, 2.75) is 25.2 Å². The smallest absolute Gasteiger partial charge is 0.275 e. The first kappa shape index (κ1) is 21.9. The van der Waals surface area contributed by atoms with Crippen molar-refractivity contribution in [1.82, 2.24) is 14.9 Å². The molecule has 4 rings (SSSR count). The highest BCUT2D eigenvalue weighted by Gasteiger charge is 2.26. The molecular formula is C23H23FN4O3S. The molecule has 0 atom stereocenters. The number of likely N-dealkylation sites (tertiary alicyclic amines) is 1. The second-order valence-electron chi connectivity index (χ2n) is 7.54. The zero-order chi connectivity index (χ0) is 22.5. The molecule has 0 saturated carbocycles. The lowest BCUT2D eigenvalue weighted by Crippen LogP contribution is -2.38. The highest BCUT2D eigenvalue weighted by molar-refractivity contribution is 7.10. The van der Waals surface area contributed by atoms with E-state index in [9.17, 15) is 14.0 Å². The van der Waals surface area contributed by atoms with E-state index in [0.717, 1.165) is 23.4 Å². The van der Waals surface area contributed by atoms with Crippen LogP contribution in [0.15, 0.2) is 48.0 Å². The molecule has 9 heteroatoms. The summed E-state index contributed by atoms with van der Waals surface area (Å²) in [6.45, 7) is 1.28. The molecule has 1 N–H and O–H groups in total. The van der Waals surface area contributed by atoms with Gasteiger partial charge in [-0.2, -0.15) is 0 Å². The lowest BCUT2D eigenvalue weighted by atomic mass is 9.97. The number of amides is 2. The Labute approximate surface area is 189 Å². The molecule has 1 saturated heterocycles. The summed E-state index contributed by atoms with van der Waals surface area (Å²) in [6, 6.07) is 9.46. The number of hydrogen-bond donors (Lipinski definition) is 1. The average Bonchev–Trinajstić information content (AvgIpc) is 3.31. The van der Waals surface area contributed by atoms with E-state index in [2.05, 4.69) is 15.3 Å². The standard InChI is InChI=1S/C23H23FN4O3S/c1-31-22-18(3-2-10-25-22)26-21(30)19-14-32-23(27-19)16-8-11-28(12-9-16)20(29)13-15-4-6-17(24)7-5-15/h2-7,10,14,16H,8-9,11-13H2,1H3,(H,26,30). The molecule has 0 radical (unpaired) electrons. The number of hydrogen-bond acceptors (Lipinski definition) is 6. The van der Waals surface area contributed by atoms with Gasteiger partial charge in [0.25, 0.3) is 5.91 Å². The van der Waals surface area contributed by atoms with E-state index in [4.69, 9.17) is 4.74 Å². The monoisotopic (exact) mass is 454 g/mol. The number of carbonyl (C=O) groups excluding carboxylic acids is 2. The molecule has 0 bridgehead atoms. The molecular weight excluding hydrogens is 431 g/mol. The average molecular weight is 455 g/mol. The van der Waals surface area contributed by atoms with E-state index in [-0.39, 0.29) is 30.0 Å². The first-order chi connectivity index (χ1) is 15.5. The van der Waals surface area contributed by atoms with Crippen LogP contribution < -0.4 is 10.1 Å². The summed E-state index contributed by atoms with van der Waals surface area (Å²) in [6.07, 6.45) is 3.44. The molecule has 1 aromatic carbocycles. The van der Waals surface area contributed by atoms with Crippen LogP contribution in [-0.2, 0) is 11.2 Å². The van der Waals surface area contributed by atoms with Gasteiger partial charge in [0.1, 0.15) is 17.2 Å². The van der Waals surface area contributed by atoms with Crippen LogP contribution in [-0.4, -0.2) is 46.9 Å². The number of aromatic nitrogens is 2. The van der Waals surface area contributed by atoms with Gasteiger partial charge in [0.15, 0.2) is 0 Å². The van der Waals surface area contributed by atoms with Gasteiger partial charge in [-0.25, -0.2) is 14.4 Å². The molecule has 0 aliphatic carbocycles. The zero-order valence-corrected chi connectivity index (χ0v) is 18.4. The SMILES string of the molecule is COc1ncccc1NC(=O)c1csc(C2CCN(C(=O)Cc3ccc(F)cc3)CC2)n1. The van der Waals surface area contributed by atoms with Crippen molar-refractivity contribution >= 4 is 28.8 Å². The lowest BCUT2D eigenvalue weighted by molar-refractivity contribution is -0.131. The second kappa shape index (κ2) is 9.86. The van der Waals surface area contributed by atoms with Crippen molar-refractivity contribution in [3.05, 3.63) is 70.1 Å². The van der Waals surface area contributed by atoms with Gasteiger partial charge >= 0.3 is 0 Å². The number of nitrogens with one attached hydrogen (secondary N) is 1. The summed E-state index contributed by atoms with van der Waals surface area (Å²) in [5, 5.41) is 5.44. The minimum Gasteiger partial charge on any atom is -0.480 e. The number of carbonyl (C=O) groups is 2. The number of benzene rings is 1. The minimum absolute atomic E-state index is 0.0414. The topological polar surface area (TPSA) is 84.4 Å². The van der Waals surface area contributed by atoms with E-state index in [1.807, 2.05) is 4.90 Å². The predicted molar refractivity (Wildman–Crippen MR) is 120 cm³/mol. The van der Waals surface area contributed by atoms with Crippen LogP contribution in [0.4, 0.5) is 10.1 Å². The molecule has 2 aromatic heterocycles. The van der Waals surface area contributed by atoms with Crippen LogP contribution in [0.3, 0.4) is 0 Å². The zero-order valence-electron chi connectivity index (χ0n) is 17.6. The summed E-state index contributed by atoms with van der Waals surface area (Å²) in [7, 11) is 1.50. The van der Waals surface area contributed by atoms with Gasteiger partial charge in [-0.3, -0.25) is 9.59 Å². The Hall–Kier alpha value is -3.33. The van der Waals surface area contributed by atoms with Crippen LogP contribution in [0.2, 0.25) is 0 Å². The fraction of sp³-hybridized carbons (Fsp3) is 0.304. The Morgan fingerprint density at radius 1 is 1.22 bits per heavy atom. The van der Waals surface area contributed by atoms with Gasteiger partial charge < -0.3 is 15.0 Å². The fourth-order valence-electron chi connectivity index (χ4n) is 3.68. The van der Waals surface area contributed by atoms with Crippen molar-refractivity contribution in [3.63, 3.8) is 0 Å². The first-order valence-electron chi connectivity index (χ1n) is 10.3. The molecule has 7 nitrogen and oxygen atoms in total. The highest BCUT2D eigenvalue weighted by atomic mass is 32.1. The minimum atomic E-state index is -0.314. The number of pyridine rings is 1. The van der Waals surface area contributed by atoms with Crippen molar-refractivity contribution in [1.29, 1.82) is 0 Å². The molecule has 32 heavy (non-hydrogen) atoms. The number of methoxy groups -OCH3 is 1. The molecule has 3 heterocycles. The third-order valence-corrected chi connectivity index (χ3v) is 6.44. The van der Waals surface area contributed by atoms with Crippen LogP contribution in [0.1, 0.15) is 39.8 Å². The summed E-state index contributed by atoms with van der Waals surface area (Å²) < 4.78 is 18.2. The van der Waals surface area contributed by atoms with Crippen molar-refractivity contribution < 1.29 is 18.7 Å². The number of ether oxygens (including phenoxy) is 1. The summed E-state index contributed by atoms with van der Waals surface area (Å²) in [4.78, 5) is 35.6. The third-order valence-electron chi connectivity index (χ3n) is 5.43. The van der Waals surface area contributed by atoms with Gasteiger partial charge in [0.05, 0.1) is 18.5 Å². The van der Waals surface area contributed by atoms with E-state index < -0.39 is 0 Å². The van der Waals surface area contributed by atoms with Crippen LogP contribution in [0.25, 0.3) is 0 Å². The maximum absolute atomic E-state index is 13.0. The Balaban J connectivity index is 1.32. The van der Waals surface area contributed by atoms with Gasteiger partial charge in [0, 0.05) is 30.6 Å². The summed E-state index contributed by atoms with van der Waals surface area (Å²) in [5.74, 6) is -0.0261. The van der Waals surface area contributed by atoms with Crippen LogP contribution in [0, 0.1) is 5.82 Å². The van der Waals surface area contributed by atoms with Crippen molar-refractivity contribution in [2.75, 3.05) is 25.5 Å². The van der Waals surface area contributed by atoms with E-state index >= 15 is 0 Å². The summed E-state index contributed by atoms with van der Waals surface area (Å²) in [5.41, 5.74) is 1.65. The largest absolute Gasteiger partial charge is 0.480 e. The van der Waals surface area contributed by atoms with Gasteiger partial charge in [-0.05, 0) is 42.7 Å². The van der Waals surface area contributed by atoms with E-state index in [1.165, 1.54) is 30.6 Å². The number of rotatable bonds is 6. The Morgan fingerprint density at radius 2 is 1.97 bits per heavy atom. The Kier molecular flexibility index (Phi) is 6.75. The molecule has 0 unspecified atom stereocenters. The second-order valence-corrected chi connectivity index (χ2v) is 8.43. The molecule has 1 aliphatic rings. The van der Waals surface area contributed by atoms with Crippen LogP contribution >= 0.6 is 11.3 Å². The normalized spacial score (nSPS) is 14.2. The molecule has 1 fully saturated rings. The molecule has 166 valence electrons. The number of piperidine rings is 1. The first-order valence-corrected chi connectivity index (χ1v) is 11.2. The van der Waals surface area contributed by atoms with Crippen molar-refractivity contribution in [2.24, 2.45) is 0 Å². The Morgan fingerprint density at radius 3 is 2.69 bits per heavy atom. The molecule has 2 amide bonds. The number of anilines is 1. The van der Waals surface area contributed by atoms with Gasteiger partial charge in [-0.1, -0.05) is 12.1 Å². The highest BCUT2D eigenvalue weighted by Crippen LogP contribution is 2.31. The third kappa shape index (κ3) is 5.11. The quantitative estimate of drug-likeness (QED) is 0.611. The number of thiazole rings is 1. The van der Waals surface area contributed by atoms with Crippen molar-refractivity contribution in [3.8, 4) is 5.88 Å². The number of nitrogens with zero attached hydrogens (tertiary/aromatic N) is 3. The van der Waals surface area contributed by atoms with E-state index in [0.29, 0.717) is 30.4 Å². The lowest BCUT2D eigenvalue weighted by Gasteiger charge is -2.31. The maximum atomic E-state index is 13.0. The van der Waals surface area contributed by atoms with Crippen LogP contribution in [0.5, 0.6) is 5.88 Å². The fourth-order valence-corrected chi connectivity index (χ4v) is 4.65. The molecule has 3 aromatic rings. The predicted octanol–water partition coefficient (Wildman–Crippen LogP) is 3.89. The van der Waals surface area contributed by atoms with E-state index in [1.54, 1.807) is 35.8 Å². The molecule has 1 aliphatic heterocycles.